The topological polar surface area (TPSA) is 69.4 Å². The molecule has 0 saturated carbocycles. The monoisotopic (exact) mass is 369 g/mol. The number of ether oxygens (including phenoxy) is 1. The predicted octanol–water partition coefficient (Wildman–Crippen LogP) is 5.01. The van der Waals surface area contributed by atoms with E-state index in [0.29, 0.717) is 11.3 Å². The second kappa shape index (κ2) is 6.24. The summed E-state index contributed by atoms with van der Waals surface area (Å²) in [6.45, 7) is 1.42. The highest BCUT2D eigenvalue weighted by Gasteiger charge is 2.14. The number of ketones is 1. The van der Waals surface area contributed by atoms with E-state index in [9.17, 15) is 14.9 Å². The van der Waals surface area contributed by atoms with Crippen molar-refractivity contribution in [3.63, 3.8) is 0 Å². The van der Waals surface area contributed by atoms with Crippen LogP contribution in [0.25, 0.3) is 0 Å². The molecule has 0 bridgehead atoms. The first kappa shape index (κ1) is 15.5. The molecule has 0 N–H and O–H groups in total. The minimum absolute atomic E-state index is 0.0987. The zero-order valence-corrected chi connectivity index (χ0v) is 13.1. The fraction of sp³-hybridized carbons (Fsp3) is 0.0714. The molecule has 5 nitrogen and oxygen atoms in total. The van der Waals surface area contributed by atoms with Gasteiger partial charge in [0.15, 0.2) is 5.78 Å². The Morgan fingerprint density at radius 2 is 1.90 bits per heavy atom. The van der Waals surface area contributed by atoms with Crippen LogP contribution >= 0.6 is 27.5 Å². The standard InChI is InChI=1S/C14H9BrClNO4/c1-8(18)11-6-9(15)2-4-13(11)21-14-5-3-10(17(19)20)7-12(14)16/h2-7H,1H3. The van der Waals surface area contributed by atoms with Gasteiger partial charge in [-0.25, -0.2) is 0 Å². The molecule has 0 fully saturated rings. The molecule has 0 spiro atoms. The number of Topliss-reactive ketones (excluding diaryl/α,β-unsaturated/α-hetero) is 1. The lowest BCUT2D eigenvalue weighted by Gasteiger charge is -2.11. The molecule has 2 aromatic carbocycles. The number of non-ortho nitro benzene ring substituents is 1. The van der Waals surface area contributed by atoms with E-state index in [-0.39, 0.29) is 22.2 Å². The average Bonchev–Trinajstić information content (AvgIpc) is 2.42. The quantitative estimate of drug-likeness (QED) is 0.431. The van der Waals surface area contributed by atoms with E-state index in [2.05, 4.69) is 15.9 Å². The van der Waals surface area contributed by atoms with Crippen molar-refractivity contribution in [3.8, 4) is 11.5 Å². The average molecular weight is 371 g/mol. The predicted molar refractivity (Wildman–Crippen MR) is 82.3 cm³/mol. The Bertz CT molecular complexity index is 733. The molecule has 0 aliphatic rings. The molecule has 0 aliphatic carbocycles. The molecule has 7 heteroatoms. The number of nitrogens with zero attached hydrogens (tertiary/aromatic N) is 1. The van der Waals surface area contributed by atoms with Gasteiger partial charge in [0.25, 0.3) is 5.69 Å². The first-order valence-electron chi connectivity index (χ1n) is 5.81. The fourth-order valence-electron chi connectivity index (χ4n) is 1.67. The van der Waals surface area contributed by atoms with Crippen molar-refractivity contribution < 1.29 is 14.5 Å². The Labute approximate surface area is 133 Å². The van der Waals surface area contributed by atoms with Crippen molar-refractivity contribution in [2.75, 3.05) is 0 Å². The third-order valence-electron chi connectivity index (χ3n) is 2.67. The van der Waals surface area contributed by atoms with Crippen molar-refractivity contribution in [2.24, 2.45) is 0 Å². The van der Waals surface area contributed by atoms with E-state index in [4.69, 9.17) is 16.3 Å². The summed E-state index contributed by atoms with van der Waals surface area (Å²) in [5.41, 5.74) is 0.258. The van der Waals surface area contributed by atoms with Crippen LogP contribution < -0.4 is 4.74 Å². The van der Waals surface area contributed by atoms with Crippen LogP contribution in [0.15, 0.2) is 40.9 Å². The van der Waals surface area contributed by atoms with E-state index in [1.54, 1.807) is 18.2 Å². The summed E-state index contributed by atoms with van der Waals surface area (Å²) >= 11 is 9.24. The van der Waals surface area contributed by atoms with Crippen LogP contribution in [0, 0.1) is 10.1 Å². The number of hydrogen-bond acceptors (Lipinski definition) is 4. The number of hydrogen-bond donors (Lipinski definition) is 0. The number of nitro benzene ring substituents is 1. The Hall–Kier alpha value is -1.92. The largest absolute Gasteiger partial charge is 0.455 e. The van der Waals surface area contributed by atoms with Gasteiger partial charge >= 0.3 is 0 Å². The molecule has 0 aliphatic heterocycles. The Balaban J connectivity index is 2.39. The van der Waals surface area contributed by atoms with Crippen molar-refractivity contribution >= 4 is 39.0 Å². The zero-order valence-electron chi connectivity index (χ0n) is 10.8. The van der Waals surface area contributed by atoms with E-state index in [0.717, 1.165) is 4.47 Å². The van der Waals surface area contributed by atoms with E-state index in [1.807, 2.05) is 0 Å². The molecule has 0 amide bonds. The van der Waals surface area contributed by atoms with E-state index < -0.39 is 4.92 Å². The van der Waals surface area contributed by atoms with Crippen molar-refractivity contribution in [3.05, 3.63) is 61.6 Å². The summed E-state index contributed by atoms with van der Waals surface area (Å²) in [5.74, 6) is 0.415. The van der Waals surface area contributed by atoms with Crippen molar-refractivity contribution in [2.45, 2.75) is 6.92 Å². The molecule has 0 radical (unpaired) electrons. The highest BCUT2D eigenvalue weighted by atomic mass is 79.9. The van der Waals surface area contributed by atoms with Crippen LogP contribution in [0.1, 0.15) is 17.3 Å². The second-order valence-electron chi connectivity index (χ2n) is 4.17. The summed E-state index contributed by atoms with van der Waals surface area (Å²) in [5, 5.41) is 10.8. The van der Waals surface area contributed by atoms with Gasteiger partial charge in [-0.2, -0.15) is 0 Å². The number of halogens is 2. The zero-order chi connectivity index (χ0) is 15.6. The highest BCUT2D eigenvalue weighted by molar-refractivity contribution is 9.10. The molecule has 2 rings (SSSR count). The molecule has 108 valence electrons. The number of rotatable bonds is 4. The molecule has 0 saturated heterocycles. The summed E-state index contributed by atoms with van der Waals surface area (Å²) in [7, 11) is 0. The number of nitro groups is 1. The summed E-state index contributed by atoms with van der Waals surface area (Å²) < 4.78 is 6.34. The number of carbonyl (C=O) groups is 1. The van der Waals surface area contributed by atoms with Crippen LogP contribution in [-0.4, -0.2) is 10.7 Å². The smallest absolute Gasteiger partial charge is 0.271 e. The normalized spacial score (nSPS) is 10.2. The molecule has 2 aromatic rings. The highest BCUT2D eigenvalue weighted by Crippen LogP contribution is 2.34. The van der Waals surface area contributed by atoms with Crippen LogP contribution in [-0.2, 0) is 0 Å². The molecule has 0 atom stereocenters. The SMILES string of the molecule is CC(=O)c1cc(Br)ccc1Oc1ccc([N+](=O)[O-])cc1Cl. The molecular weight excluding hydrogens is 362 g/mol. The fourth-order valence-corrected chi connectivity index (χ4v) is 2.25. The Morgan fingerprint density at radius 3 is 2.48 bits per heavy atom. The van der Waals surface area contributed by atoms with Gasteiger partial charge in [0, 0.05) is 16.6 Å². The maximum atomic E-state index is 11.6. The van der Waals surface area contributed by atoms with Gasteiger partial charge in [0.1, 0.15) is 11.5 Å². The molecule has 0 heterocycles. The summed E-state index contributed by atoms with van der Waals surface area (Å²) in [6.07, 6.45) is 0. The van der Waals surface area contributed by atoms with Gasteiger partial charge in [-0.1, -0.05) is 27.5 Å². The Kier molecular flexibility index (Phi) is 4.59. The van der Waals surface area contributed by atoms with E-state index >= 15 is 0 Å². The van der Waals surface area contributed by atoms with Gasteiger partial charge in [-0.3, -0.25) is 14.9 Å². The Morgan fingerprint density at radius 1 is 1.24 bits per heavy atom. The van der Waals surface area contributed by atoms with Crippen molar-refractivity contribution in [1.82, 2.24) is 0 Å². The third-order valence-corrected chi connectivity index (χ3v) is 3.46. The number of benzene rings is 2. The lowest BCUT2D eigenvalue weighted by Crippen LogP contribution is -1.97. The van der Waals surface area contributed by atoms with Crippen LogP contribution in [0.4, 0.5) is 5.69 Å². The lowest BCUT2D eigenvalue weighted by atomic mass is 10.1. The second-order valence-corrected chi connectivity index (χ2v) is 5.49. The molecule has 21 heavy (non-hydrogen) atoms. The first-order valence-corrected chi connectivity index (χ1v) is 6.98. The van der Waals surface area contributed by atoms with Gasteiger partial charge in [-0.05, 0) is 31.2 Å². The molecule has 0 aromatic heterocycles. The van der Waals surface area contributed by atoms with Crippen LogP contribution in [0.3, 0.4) is 0 Å². The van der Waals surface area contributed by atoms with Gasteiger partial charge in [-0.15, -0.1) is 0 Å². The number of carbonyl (C=O) groups excluding carboxylic acids is 1. The summed E-state index contributed by atoms with van der Waals surface area (Å²) in [6, 6.07) is 8.86. The van der Waals surface area contributed by atoms with Gasteiger partial charge < -0.3 is 4.74 Å². The molecular formula is C14H9BrClNO4. The molecule has 0 unspecified atom stereocenters. The summed E-state index contributed by atoms with van der Waals surface area (Å²) in [4.78, 5) is 21.7. The van der Waals surface area contributed by atoms with Gasteiger partial charge in [0.05, 0.1) is 15.5 Å². The maximum Gasteiger partial charge on any atom is 0.271 e. The minimum Gasteiger partial charge on any atom is -0.455 e. The van der Waals surface area contributed by atoms with E-state index in [1.165, 1.54) is 25.1 Å². The van der Waals surface area contributed by atoms with Gasteiger partial charge in [0.2, 0.25) is 0 Å². The first-order chi connectivity index (χ1) is 9.88. The lowest BCUT2D eigenvalue weighted by molar-refractivity contribution is -0.384. The van der Waals surface area contributed by atoms with Crippen LogP contribution in [0.5, 0.6) is 11.5 Å². The van der Waals surface area contributed by atoms with Crippen molar-refractivity contribution in [1.29, 1.82) is 0 Å². The van der Waals surface area contributed by atoms with Crippen LogP contribution in [0.2, 0.25) is 5.02 Å². The maximum absolute atomic E-state index is 11.6. The minimum atomic E-state index is -0.545. The third kappa shape index (κ3) is 3.59.